The second kappa shape index (κ2) is 11.1. The summed E-state index contributed by atoms with van der Waals surface area (Å²) >= 11 is 0. The van der Waals surface area contributed by atoms with Crippen molar-refractivity contribution in [3.8, 4) is 0 Å². The summed E-state index contributed by atoms with van der Waals surface area (Å²) in [7, 11) is -4.35. The number of nitrogen functional groups attached to an aromatic ring is 1. The van der Waals surface area contributed by atoms with Crippen LogP contribution in [0.15, 0.2) is 55.1 Å². The Morgan fingerprint density at radius 3 is 2.89 bits per heavy atom. The molecule has 5 N–H and O–H groups in total. The van der Waals surface area contributed by atoms with Crippen molar-refractivity contribution in [1.29, 1.82) is 0 Å². The van der Waals surface area contributed by atoms with Crippen molar-refractivity contribution >= 4 is 30.6 Å². The summed E-state index contributed by atoms with van der Waals surface area (Å²) in [6, 6.07) is 8.83. The third kappa shape index (κ3) is 6.50. The summed E-state index contributed by atoms with van der Waals surface area (Å²) in [6.45, 7) is 1.82. The Morgan fingerprint density at radius 1 is 1.29 bits per heavy atom. The van der Waals surface area contributed by atoms with Crippen LogP contribution < -0.4 is 16.3 Å². The molecule has 3 unspecified atom stereocenters. The second-order valence-corrected chi connectivity index (χ2v) is 9.77. The predicted octanol–water partition coefficient (Wildman–Crippen LogP) is 1.91. The van der Waals surface area contributed by atoms with Crippen molar-refractivity contribution in [2.24, 2.45) is 5.92 Å². The molecule has 0 saturated carbocycles. The van der Waals surface area contributed by atoms with Crippen LogP contribution in [0, 0.1) is 5.92 Å². The van der Waals surface area contributed by atoms with Gasteiger partial charge < -0.3 is 20.0 Å². The minimum atomic E-state index is -4.35. The van der Waals surface area contributed by atoms with Gasteiger partial charge >= 0.3 is 7.75 Å². The highest BCUT2D eigenvalue weighted by Crippen LogP contribution is 2.39. The molecule has 1 aliphatic rings. The van der Waals surface area contributed by atoms with Crippen LogP contribution in [0.1, 0.15) is 24.9 Å². The average molecular weight is 501 g/mol. The minimum Gasteiger partial charge on any atom is -0.382 e. The van der Waals surface area contributed by atoms with Crippen molar-refractivity contribution in [1.82, 2.24) is 30.1 Å². The lowest BCUT2D eigenvalue weighted by Gasteiger charge is -2.19. The second-order valence-electron chi connectivity index (χ2n) is 8.25. The average Bonchev–Trinajstić information content (AvgIpc) is 3.48. The molecular formula is C22H28N7O5P. The first-order chi connectivity index (χ1) is 16.8. The summed E-state index contributed by atoms with van der Waals surface area (Å²) in [5, 5.41) is 2.05. The number of rotatable bonds is 11. The molecule has 2 aromatic heterocycles. The number of carbonyl (C=O) groups is 1. The minimum absolute atomic E-state index is 0.0415. The number of nitrogens with two attached hydrogens (primary N) is 1. The molecule has 0 fully saturated rings. The lowest BCUT2D eigenvalue weighted by Crippen LogP contribution is -2.41. The Morgan fingerprint density at radius 2 is 2.09 bits per heavy atom. The number of hydroxylamine groups is 1. The number of fused-ring (bicyclic) bond motifs is 1. The number of imidazole rings is 1. The number of nitrogens with zero attached hydrogens (tertiary/aromatic N) is 4. The van der Waals surface area contributed by atoms with Gasteiger partial charge in [0.15, 0.2) is 11.5 Å². The first-order valence-electron chi connectivity index (χ1n) is 11.1. The molecule has 1 aromatic carbocycles. The first kappa shape index (κ1) is 25.0. The van der Waals surface area contributed by atoms with Crippen LogP contribution in [-0.2, 0) is 25.1 Å². The normalized spacial score (nSPS) is 20.1. The summed E-state index contributed by atoms with van der Waals surface area (Å²) in [4.78, 5) is 40.1. The largest absolute Gasteiger partial charge is 0.432 e. The van der Waals surface area contributed by atoms with Gasteiger partial charge in [-0.3, -0.25) is 14.4 Å². The smallest absolute Gasteiger partial charge is 0.382 e. The van der Waals surface area contributed by atoms with Crippen LogP contribution in [0.3, 0.4) is 0 Å². The predicted molar refractivity (Wildman–Crippen MR) is 129 cm³/mol. The highest BCUT2D eigenvalue weighted by atomic mass is 31.2. The molecule has 4 rings (SSSR count). The number of benzene rings is 1. The molecule has 35 heavy (non-hydrogen) atoms. The summed E-state index contributed by atoms with van der Waals surface area (Å²) in [5.74, 6) is -0.540. The fraction of sp³-hybridized carbons (Fsp3) is 0.364. The van der Waals surface area contributed by atoms with Crippen molar-refractivity contribution < 1.29 is 23.6 Å². The fourth-order valence-corrected chi connectivity index (χ4v) is 4.64. The number of carbonyl (C=O) groups excluding carboxylic acids is 1. The standard InChI is InChI=1S/C22H28N7O5P/c1-15(27-33-10-9-16-5-3-2-4-6-16)22(30)28-35(31,32)34-12-17-7-8-18(11-17)29-14-26-19-20(23)24-13-25-21(19)29/h2-8,13-15,17-18,27H,9-12H2,1H3,(H2,23,24,25)(H2,28,30,31,32)/t15-,17?,18?/m0/s1. The summed E-state index contributed by atoms with van der Waals surface area (Å²) < 4.78 is 19.4. The van der Waals surface area contributed by atoms with Gasteiger partial charge in [-0.1, -0.05) is 42.5 Å². The van der Waals surface area contributed by atoms with Gasteiger partial charge in [-0.05, 0) is 25.3 Å². The molecule has 1 aliphatic carbocycles. The van der Waals surface area contributed by atoms with E-state index in [1.165, 1.54) is 13.3 Å². The highest BCUT2D eigenvalue weighted by molar-refractivity contribution is 7.51. The van der Waals surface area contributed by atoms with Crippen LogP contribution >= 0.6 is 7.75 Å². The molecule has 4 atom stereocenters. The molecule has 2 heterocycles. The molecule has 12 nitrogen and oxygen atoms in total. The van der Waals surface area contributed by atoms with Crippen molar-refractivity contribution in [2.75, 3.05) is 18.9 Å². The maximum absolute atomic E-state index is 12.4. The van der Waals surface area contributed by atoms with Crippen molar-refractivity contribution in [3.05, 3.63) is 60.7 Å². The van der Waals surface area contributed by atoms with Gasteiger partial charge in [-0.15, -0.1) is 0 Å². The molecule has 0 saturated heterocycles. The van der Waals surface area contributed by atoms with Gasteiger partial charge in [0, 0.05) is 5.92 Å². The van der Waals surface area contributed by atoms with Crippen LogP contribution in [0.5, 0.6) is 0 Å². The number of aromatic nitrogens is 4. The number of hydrogen-bond acceptors (Lipinski definition) is 9. The van der Waals surface area contributed by atoms with Crippen LogP contribution in [0.2, 0.25) is 0 Å². The van der Waals surface area contributed by atoms with E-state index in [4.69, 9.17) is 15.1 Å². The Bertz CT molecular complexity index is 1240. The van der Waals surface area contributed by atoms with Crippen LogP contribution in [0.4, 0.5) is 5.82 Å². The lowest BCUT2D eigenvalue weighted by atomic mass is 10.1. The number of allylic oxidation sites excluding steroid dienone is 1. The van der Waals surface area contributed by atoms with Gasteiger partial charge in [-0.2, -0.15) is 5.48 Å². The van der Waals surface area contributed by atoms with E-state index >= 15 is 0 Å². The van der Waals surface area contributed by atoms with Crippen molar-refractivity contribution in [2.45, 2.75) is 31.8 Å². The van der Waals surface area contributed by atoms with Crippen LogP contribution in [-0.4, -0.2) is 49.6 Å². The zero-order valence-electron chi connectivity index (χ0n) is 19.2. The van der Waals surface area contributed by atoms with Crippen molar-refractivity contribution in [3.63, 3.8) is 0 Å². The highest BCUT2D eigenvalue weighted by Gasteiger charge is 2.29. The number of amides is 1. The van der Waals surface area contributed by atoms with Crippen LogP contribution in [0.25, 0.3) is 11.2 Å². The molecule has 1 amide bonds. The zero-order chi connectivity index (χ0) is 24.8. The van der Waals surface area contributed by atoms with Gasteiger partial charge in [0.25, 0.3) is 0 Å². The third-order valence-corrected chi connectivity index (χ3v) is 6.60. The summed E-state index contributed by atoms with van der Waals surface area (Å²) in [5.41, 5.74) is 10.6. The van der Waals surface area contributed by atoms with E-state index in [0.717, 1.165) is 5.56 Å². The monoisotopic (exact) mass is 501 g/mol. The number of anilines is 1. The third-order valence-electron chi connectivity index (χ3n) is 5.60. The lowest BCUT2D eigenvalue weighted by molar-refractivity contribution is -0.125. The molecule has 186 valence electrons. The van der Waals surface area contributed by atoms with Gasteiger partial charge in [-0.25, -0.2) is 19.5 Å². The fourth-order valence-electron chi connectivity index (χ4n) is 3.71. The Balaban J connectivity index is 1.20. The molecular weight excluding hydrogens is 473 g/mol. The summed E-state index contributed by atoms with van der Waals surface area (Å²) in [6.07, 6.45) is 8.14. The first-order valence-corrected chi connectivity index (χ1v) is 12.7. The van der Waals surface area contributed by atoms with Gasteiger partial charge in [0.05, 0.1) is 25.6 Å². The van der Waals surface area contributed by atoms with E-state index < -0.39 is 19.7 Å². The number of hydrogen-bond donors (Lipinski definition) is 4. The van der Waals surface area contributed by atoms with E-state index in [-0.39, 0.29) is 18.6 Å². The van der Waals surface area contributed by atoms with Gasteiger partial charge in [0.1, 0.15) is 17.9 Å². The Hall–Kier alpha value is -3.15. The maximum Gasteiger partial charge on any atom is 0.432 e. The maximum atomic E-state index is 12.4. The molecule has 3 aromatic rings. The van der Waals surface area contributed by atoms with E-state index in [2.05, 4.69) is 20.4 Å². The van der Waals surface area contributed by atoms with E-state index in [1.54, 1.807) is 6.33 Å². The quantitative estimate of drug-likeness (QED) is 0.132. The molecule has 0 aliphatic heterocycles. The SMILES string of the molecule is C[C@H](NOCCc1ccccc1)C(=O)NP(=O)(O)OCC1C=CC(n2cnc3c(N)ncnc32)C1. The Kier molecular flexibility index (Phi) is 7.89. The van der Waals surface area contributed by atoms with Gasteiger partial charge in [0.2, 0.25) is 5.91 Å². The van der Waals surface area contributed by atoms with E-state index in [9.17, 15) is 14.3 Å². The van der Waals surface area contributed by atoms with E-state index in [0.29, 0.717) is 36.4 Å². The zero-order valence-corrected chi connectivity index (χ0v) is 20.0. The number of nitrogens with one attached hydrogen (secondary N) is 2. The van der Waals surface area contributed by atoms with E-state index in [1.807, 2.05) is 52.1 Å². The Labute approximate surface area is 202 Å². The molecule has 0 bridgehead atoms. The molecule has 13 heteroatoms. The molecule has 0 radical (unpaired) electrons. The molecule has 0 spiro atoms. The topological polar surface area (TPSA) is 167 Å².